The molecule has 1 aromatic carbocycles. The molecule has 124 valence electrons. The van der Waals surface area contributed by atoms with E-state index in [0.717, 1.165) is 15.7 Å². The Balaban J connectivity index is 1.47. The molecule has 0 aliphatic carbocycles. The average Bonchev–Trinajstić information content (AvgIpc) is 3.22. The zero-order valence-corrected chi connectivity index (χ0v) is 14.5. The molecule has 0 aliphatic heterocycles. The van der Waals surface area contributed by atoms with Gasteiger partial charge in [0.15, 0.2) is 5.76 Å². The quantitative estimate of drug-likeness (QED) is 0.683. The Morgan fingerprint density at radius 1 is 1.29 bits per heavy atom. The number of aryl methyl sites for hydroxylation is 1. The van der Waals surface area contributed by atoms with Crippen molar-refractivity contribution < 1.29 is 18.5 Å². The van der Waals surface area contributed by atoms with E-state index in [-0.39, 0.29) is 19.1 Å². The molecule has 1 amide bonds. The Morgan fingerprint density at radius 2 is 2.17 bits per heavy atom. The number of furan rings is 1. The molecule has 6 nitrogen and oxygen atoms in total. The third kappa shape index (κ3) is 4.12. The number of carbonyl (C=O) groups excluding carboxylic acids is 1. The number of anilines is 1. The van der Waals surface area contributed by atoms with Crippen LogP contribution in [0, 0.1) is 6.92 Å². The van der Waals surface area contributed by atoms with E-state index in [0.29, 0.717) is 17.2 Å². The number of hydrogen-bond acceptors (Lipinski definition) is 5. The minimum absolute atomic E-state index is 0.0714. The highest BCUT2D eigenvalue weighted by atomic mass is 79.9. The van der Waals surface area contributed by atoms with E-state index < -0.39 is 0 Å². The third-order valence-corrected chi connectivity index (χ3v) is 4.14. The van der Waals surface area contributed by atoms with Gasteiger partial charge in [-0.15, -0.1) is 0 Å². The van der Waals surface area contributed by atoms with E-state index in [1.165, 1.54) is 0 Å². The van der Waals surface area contributed by atoms with Crippen LogP contribution in [0.5, 0.6) is 0 Å². The van der Waals surface area contributed by atoms with Crippen LogP contribution in [0.4, 0.5) is 5.69 Å². The van der Waals surface area contributed by atoms with Crippen LogP contribution < -0.4 is 5.32 Å². The van der Waals surface area contributed by atoms with Crippen molar-refractivity contribution in [1.82, 2.24) is 5.16 Å². The Hall–Kier alpha value is -2.38. The van der Waals surface area contributed by atoms with Crippen molar-refractivity contribution in [2.24, 2.45) is 0 Å². The molecule has 0 bridgehead atoms. The number of rotatable bonds is 6. The molecular weight excluding hydrogens is 376 g/mol. The van der Waals surface area contributed by atoms with Crippen LogP contribution in [0.2, 0.25) is 0 Å². The molecule has 24 heavy (non-hydrogen) atoms. The molecule has 2 aromatic heterocycles. The van der Waals surface area contributed by atoms with Crippen molar-refractivity contribution in [3.05, 3.63) is 58.4 Å². The maximum atomic E-state index is 11.9. The SMILES string of the molecule is Cc1cc(NC(=O)COCc2cc(-c3ccco3)on2)ccc1Br. The summed E-state index contributed by atoms with van der Waals surface area (Å²) in [6.07, 6.45) is 1.56. The largest absolute Gasteiger partial charge is 0.461 e. The lowest BCUT2D eigenvalue weighted by atomic mass is 10.2. The highest BCUT2D eigenvalue weighted by Gasteiger charge is 2.10. The molecule has 0 atom stereocenters. The summed E-state index contributed by atoms with van der Waals surface area (Å²) in [7, 11) is 0. The average molecular weight is 391 g/mol. The number of aromatic nitrogens is 1. The van der Waals surface area contributed by atoms with Crippen LogP contribution >= 0.6 is 15.9 Å². The van der Waals surface area contributed by atoms with Gasteiger partial charge in [-0.05, 0) is 42.8 Å². The van der Waals surface area contributed by atoms with Gasteiger partial charge in [0.25, 0.3) is 0 Å². The number of nitrogens with one attached hydrogen (secondary N) is 1. The van der Waals surface area contributed by atoms with E-state index in [1.807, 2.05) is 25.1 Å². The first-order valence-corrected chi connectivity index (χ1v) is 8.04. The van der Waals surface area contributed by atoms with E-state index >= 15 is 0 Å². The molecule has 1 N–H and O–H groups in total. The van der Waals surface area contributed by atoms with Crippen molar-refractivity contribution in [2.75, 3.05) is 11.9 Å². The number of hydrogen-bond donors (Lipinski definition) is 1. The summed E-state index contributed by atoms with van der Waals surface area (Å²) < 4.78 is 16.7. The lowest BCUT2D eigenvalue weighted by molar-refractivity contribution is -0.121. The molecule has 0 aliphatic rings. The number of benzene rings is 1. The highest BCUT2D eigenvalue weighted by Crippen LogP contribution is 2.21. The smallest absolute Gasteiger partial charge is 0.250 e. The molecule has 3 aromatic rings. The predicted molar refractivity (Wildman–Crippen MR) is 91.4 cm³/mol. The summed E-state index contributed by atoms with van der Waals surface area (Å²) in [6, 6.07) is 10.9. The predicted octanol–water partition coefficient (Wildman–Crippen LogP) is 4.16. The molecular formula is C17H15BrN2O4. The minimum atomic E-state index is -0.230. The van der Waals surface area contributed by atoms with Crippen LogP contribution in [0.25, 0.3) is 11.5 Å². The molecule has 7 heteroatoms. The maximum absolute atomic E-state index is 11.9. The van der Waals surface area contributed by atoms with Gasteiger partial charge in [-0.1, -0.05) is 21.1 Å². The Bertz CT molecular complexity index is 827. The molecule has 2 heterocycles. The zero-order chi connectivity index (χ0) is 16.9. The zero-order valence-electron chi connectivity index (χ0n) is 12.9. The van der Waals surface area contributed by atoms with Gasteiger partial charge in [-0.3, -0.25) is 4.79 Å². The fraction of sp³-hybridized carbons (Fsp3) is 0.176. The normalized spacial score (nSPS) is 10.8. The second kappa shape index (κ2) is 7.46. The van der Waals surface area contributed by atoms with Crippen LogP contribution in [0.15, 0.2) is 56.1 Å². The molecule has 0 radical (unpaired) electrons. The summed E-state index contributed by atoms with van der Waals surface area (Å²) in [5.41, 5.74) is 2.36. The maximum Gasteiger partial charge on any atom is 0.250 e. The fourth-order valence-corrected chi connectivity index (χ4v) is 2.33. The number of carbonyl (C=O) groups is 1. The number of amides is 1. The van der Waals surface area contributed by atoms with E-state index in [4.69, 9.17) is 13.7 Å². The fourth-order valence-electron chi connectivity index (χ4n) is 2.08. The van der Waals surface area contributed by atoms with Crippen LogP contribution in [-0.4, -0.2) is 17.7 Å². The second-order valence-corrected chi connectivity index (χ2v) is 6.02. The van der Waals surface area contributed by atoms with Crippen molar-refractivity contribution in [1.29, 1.82) is 0 Å². The summed E-state index contributed by atoms with van der Waals surface area (Å²) in [6.45, 7) is 2.06. The number of halogens is 1. The Morgan fingerprint density at radius 3 is 2.92 bits per heavy atom. The van der Waals surface area contributed by atoms with Gasteiger partial charge in [-0.2, -0.15) is 0 Å². The summed E-state index contributed by atoms with van der Waals surface area (Å²) >= 11 is 3.42. The van der Waals surface area contributed by atoms with Crippen LogP contribution in [0.3, 0.4) is 0 Å². The number of ether oxygens (including phenoxy) is 1. The van der Waals surface area contributed by atoms with E-state index in [1.54, 1.807) is 24.5 Å². The lowest BCUT2D eigenvalue weighted by Crippen LogP contribution is -2.18. The summed E-state index contributed by atoms with van der Waals surface area (Å²) in [4.78, 5) is 11.9. The molecule has 0 unspecified atom stereocenters. The van der Waals surface area contributed by atoms with Crippen molar-refractivity contribution >= 4 is 27.5 Å². The molecule has 0 saturated carbocycles. The van der Waals surface area contributed by atoms with Gasteiger partial charge in [-0.25, -0.2) is 0 Å². The molecule has 0 fully saturated rings. The monoisotopic (exact) mass is 390 g/mol. The first-order valence-electron chi connectivity index (χ1n) is 7.25. The van der Waals surface area contributed by atoms with Gasteiger partial charge in [0.05, 0.1) is 12.9 Å². The van der Waals surface area contributed by atoms with Crippen molar-refractivity contribution in [3.8, 4) is 11.5 Å². The Kier molecular flexibility index (Phi) is 5.12. The first-order chi connectivity index (χ1) is 11.6. The van der Waals surface area contributed by atoms with Gasteiger partial charge in [0.2, 0.25) is 11.7 Å². The first kappa shape index (κ1) is 16.5. The van der Waals surface area contributed by atoms with Gasteiger partial charge in [0.1, 0.15) is 12.3 Å². The van der Waals surface area contributed by atoms with Crippen LogP contribution in [0.1, 0.15) is 11.3 Å². The van der Waals surface area contributed by atoms with Gasteiger partial charge >= 0.3 is 0 Å². The van der Waals surface area contributed by atoms with E-state index in [2.05, 4.69) is 26.4 Å². The number of nitrogens with zero attached hydrogens (tertiary/aromatic N) is 1. The van der Waals surface area contributed by atoms with E-state index in [9.17, 15) is 4.79 Å². The minimum Gasteiger partial charge on any atom is -0.461 e. The summed E-state index contributed by atoms with van der Waals surface area (Å²) in [5.74, 6) is 0.886. The standard InChI is InChI=1S/C17H15BrN2O4/c1-11-7-12(4-5-14(11)18)19-17(21)10-22-9-13-8-16(24-20-13)15-3-2-6-23-15/h2-8H,9-10H2,1H3,(H,19,21). The highest BCUT2D eigenvalue weighted by molar-refractivity contribution is 9.10. The second-order valence-electron chi connectivity index (χ2n) is 5.16. The Labute approximate surface area is 146 Å². The topological polar surface area (TPSA) is 77.5 Å². The summed E-state index contributed by atoms with van der Waals surface area (Å²) in [5, 5.41) is 6.66. The molecule has 0 saturated heterocycles. The van der Waals surface area contributed by atoms with Crippen molar-refractivity contribution in [3.63, 3.8) is 0 Å². The van der Waals surface area contributed by atoms with Gasteiger partial charge < -0.3 is 19.0 Å². The molecule has 0 spiro atoms. The lowest BCUT2D eigenvalue weighted by Gasteiger charge is -2.07. The van der Waals surface area contributed by atoms with Crippen LogP contribution in [-0.2, 0) is 16.1 Å². The molecule has 3 rings (SSSR count). The van der Waals surface area contributed by atoms with Gasteiger partial charge in [0, 0.05) is 16.2 Å². The third-order valence-electron chi connectivity index (χ3n) is 3.25. The van der Waals surface area contributed by atoms with Crippen molar-refractivity contribution in [2.45, 2.75) is 13.5 Å².